The number of carbonyl (C=O) groups is 1. The van der Waals surface area contributed by atoms with Crippen molar-refractivity contribution in [2.75, 3.05) is 11.1 Å². The first kappa shape index (κ1) is 22.2. The number of hydrogen-bond acceptors (Lipinski definition) is 5. The highest BCUT2D eigenvalue weighted by Crippen LogP contribution is 2.37. The number of hydrogen-bond donors (Lipinski definition) is 1. The summed E-state index contributed by atoms with van der Waals surface area (Å²) in [7, 11) is 0. The predicted octanol–water partition coefficient (Wildman–Crippen LogP) is 5.10. The number of nitrogens with zero attached hydrogens (tertiary/aromatic N) is 5. The van der Waals surface area contributed by atoms with Gasteiger partial charge in [-0.15, -0.1) is 10.2 Å². The maximum absolute atomic E-state index is 13.0. The summed E-state index contributed by atoms with van der Waals surface area (Å²) < 4.78 is 4.13. The average molecular weight is 449 g/mol. The fourth-order valence-electron chi connectivity index (χ4n) is 4.49. The summed E-state index contributed by atoms with van der Waals surface area (Å²) in [4.78, 5) is 13.0. The van der Waals surface area contributed by atoms with Crippen molar-refractivity contribution in [2.24, 2.45) is 0 Å². The van der Waals surface area contributed by atoms with Crippen molar-refractivity contribution in [1.82, 2.24) is 19.3 Å². The lowest BCUT2D eigenvalue weighted by Gasteiger charge is -2.27. The molecule has 1 amide bonds. The minimum atomic E-state index is -0.152. The number of aromatic nitrogens is 4. The molecule has 1 fully saturated rings. The third-order valence-corrected chi connectivity index (χ3v) is 7.14. The van der Waals surface area contributed by atoms with Gasteiger partial charge in [-0.3, -0.25) is 9.36 Å². The van der Waals surface area contributed by atoms with Crippen molar-refractivity contribution >= 4 is 23.5 Å². The van der Waals surface area contributed by atoms with Gasteiger partial charge in [0, 0.05) is 17.4 Å². The summed E-state index contributed by atoms with van der Waals surface area (Å²) in [5, 5.41) is 21.9. The number of anilines is 1. The first-order valence-electron chi connectivity index (χ1n) is 11.0. The Balaban J connectivity index is 1.54. The van der Waals surface area contributed by atoms with E-state index in [2.05, 4.69) is 26.2 Å². The number of nitriles is 1. The Bertz CT molecular complexity index is 1150. The van der Waals surface area contributed by atoms with Gasteiger partial charge < -0.3 is 9.88 Å². The van der Waals surface area contributed by atoms with E-state index in [1.54, 1.807) is 0 Å². The lowest BCUT2D eigenvalue weighted by molar-refractivity contribution is -0.113. The zero-order valence-electron chi connectivity index (χ0n) is 18.8. The number of rotatable bonds is 6. The largest absolute Gasteiger partial charge is 0.327 e. The molecule has 0 radical (unpaired) electrons. The SMILES string of the molecule is Cc1c(C#N)c(NC(=O)CSc2nnc(C)n2-c2ccccc2)n(C2CCCCC2)c1C. The van der Waals surface area contributed by atoms with E-state index in [9.17, 15) is 10.1 Å². The normalized spacial score (nSPS) is 14.3. The lowest BCUT2D eigenvalue weighted by atomic mass is 9.95. The Kier molecular flexibility index (Phi) is 6.66. The molecular formula is C24H28N6OS. The molecule has 0 unspecified atom stereocenters. The van der Waals surface area contributed by atoms with Gasteiger partial charge in [-0.05, 0) is 51.3 Å². The van der Waals surface area contributed by atoms with Crippen molar-refractivity contribution in [2.45, 2.75) is 64.1 Å². The van der Waals surface area contributed by atoms with Crippen LogP contribution in [0.4, 0.5) is 5.82 Å². The topological polar surface area (TPSA) is 88.5 Å². The predicted molar refractivity (Wildman–Crippen MR) is 126 cm³/mol. The molecule has 0 aliphatic heterocycles. The molecule has 4 rings (SSSR count). The van der Waals surface area contributed by atoms with E-state index >= 15 is 0 Å². The molecule has 8 heteroatoms. The first-order chi connectivity index (χ1) is 15.5. The smallest absolute Gasteiger partial charge is 0.235 e. The van der Waals surface area contributed by atoms with Crippen LogP contribution in [0.1, 0.15) is 60.8 Å². The van der Waals surface area contributed by atoms with Crippen LogP contribution in [-0.2, 0) is 4.79 Å². The number of para-hydroxylation sites is 1. The molecule has 2 heterocycles. The molecule has 1 aliphatic carbocycles. The van der Waals surface area contributed by atoms with Crippen molar-refractivity contribution < 1.29 is 4.79 Å². The number of amides is 1. The Labute approximate surface area is 192 Å². The van der Waals surface area contributed by atoms with Gasteiger partial charge in [0.1, 0.15) is 17.7 Å². The fourth-order valence-corrected chi connectivity index (χ4v) is 5.29. The molecule has 0 spiro atoms. The molecule has 2 aromatic heterocycles. The highest BCUT2D eigenvalue weighted by Gasteiger charge is 2.26. The van der Waals surface area contributed by atoms with Crippen molar-refractivity contribution in [3.05, 3.63) is 53.0 Å². The first-order valence-corrected chi connectivity index (χ1v) is 12.0. The highest BCUT2D eigenvalue weighted by molar-refractivity contribution is 7.99. The van der Waals surface area contributed by atoms with E-state index in [1.807, 2.05) is 55.7 Å². The number of nitrogens with one attached hydrogen (secondary N) is 1. The summed E-state index contributed by atoms with van der Waals surface area (Å²) in [5.41, 5.74) is 3.54. The fraction of sp³-hybridized carbons (Fsp3) is 0.417. The van der Waals surface area contributed by atoms with E-state index < -0.39 is 0 Å². The maximum atomic E-state index is 13.0. The molecule has 0 saturated heterocycles. The second kappa shape index (κ2) is 9.61. The minimum absolute atomic E-state index is 0.152. The van der Waals surface area contributed by atoms with Crippen LogP contribution in [0.3, 0.4) is 0 Å². The molecular weight excluding hydrogens is 420 g/mol. The van der Waals surface area contributed by atoms with Crippen molar-refractivity contribution in [1.29, 1.82) is 5.26 Å². The minimum Gasteiger partial charge on any atom is -0.327 e. The van der Waals surface area contributed by atoms with Gasteiger partial charge in [0.15, 0.2) is 5.16 Å². The van der Waals surface area contributed by atoms with Gasteiger partial charge in [-0.2, -0.15) is 5.26 Å². The van der Waals surface area contributed by atoms with Gasteiger partial charge >= 0.3 is 0 Å². The average Bonchev–Trinajstić information content (AvgIpc) is 3.29. The quantitative estimate of drug-likeness (QED) is 0.530. The van der Waals surface area contributed by atoms with Crippen LogP contribution in [0.2, 0.25) is 0 Å². The Morgan fingerprint density at radius 1 is 1.16 bits per heavy atom. The zero-order chi connectivity index (χ0) is 22.7. The summed E-state index contributed by atoms with van der Waals surface area (Å²) in [6, 6.07) is 12.5. The number of carbonyl (C=O) groups excluding carboxylic acids is 1. The van der Waals surface area contributed by atoms with Crippen LogP contribution in [0.25, 0.3) is 5.69 Å². The van der Waals surface area contributed by atoms with Crippen LogP contribution in [-0.4, -0.2) is 31.0 Å². The highest BCUT2D eigenvalue weighted by atomic mass is 32.2. The van der Waals surface area contributed by atoms with Crippen molar-refractivity contribution in [3.8, 4) is 11.8 Å². The van der Waals surface area contributed by atoms with E-state index in [0.29, 0.717) is 22.6 Å². The third kappa shape index (κ3) is 4.30. The molecule has 166 valence electrons. The monoisotopic (exact) mass is 448 g/mol. The maximum Gasteiger partial charge on any atom is 0.235 e. The molecule has 0 atom stereocenters. The van der Waals surface area contributed by atoms with Gasteiger partial charge in [0.25, 0.3) is 0 Å². The summed E-state index contributed by atoms with van der Waals surface area (Å²) in [6.07, 6.45) is 5.77. The van der Waals surface area contributed by atoms with E-state index in [-0.39, 0.29) is 11.7 Å². The molecule has 7 nitrogen and oxygen atoms in total. The second-order valence-corrected chi connectivity index (χ2v) is 9.19. The Morgan fingerprint density at radius 3 is 2.56 bits per heavy atom. The molecule has 1 aliphatic rings. The van der Waals surface area contributed by atoms with Gasteiger partial charge in [-0.1, -0.05) is 49.2 Å². The van der Waals surface area contributed by atoms with Crippen LogP contribution in [0.5, 0.6) is 0 Å². The molecule has 1 aromatic carbocycles. The van der Waals surface area contributed by atoms with Crippen LogP contribution in [0, 0.1) is 32.1 Å². The van der Waals surface area contributed by atoms with Crippen LogP contribution < -0.4 is 5.32 Å². The molecule has 32 heavy (non-hydrogen) atoms. The standard InChI is InChI=1S/C24H28N6OS/c1-16-17(2)29(19-10-6-4-7-11-19)23(21(16)14-25)26-22(31)15-32-24-28-27-18(3)30(24)20-12-8-5-9-13-20/h5,8-9,12-13,19H,4,6-7,10-11,15H2,1-3H3,(H,26,31). The Morgan fingerprint density at radius 2 is 1.88 bits per heavy atom. The van der Waals surface area contributed by atoms with Gasteiger partial charge in [0.2, 0.25) is 5.91 Å². The number of aryl methyl sites for hydroxylation is 1. The number of thioether (sulfide) groups is 1. The van der Waals surface area contributed by atoms with Crippen LogP contribution in [0.15, 0.2) is 35.5 Å². The molecule has 1 saturated carbocycles. The molecule has 0 bridgehead atoms. The van der Waals surface area contributed by atoms with E-state index in [4.69, 9.17) is 0 Å². The third-order valence-electron chi connectivity index (χ3n) is 6.21. The van der Waals surface area contributed by atoms with Crippen LogP contribution >= 0.6 is 11.8 Å². The summed E-state index contributed by atoms with van der Waals surface area (Å²) in [5.74, 6) is 1.44. The summed E-state index contributed by atoms with van der Waals surface area (Å²) in [6.45, 7) is 5.90. The number of benzene rings is 1. The van der Waals surface area contributed by atoms with E-state index in [1.165, 1.54) is 31.0 Å². The summed E-state index contributed by atoms with van der Waals surface area (Å²) >= 11 is 1.34. The molecule has 3 aromatic rings. The zero-order valence-corrected chi connectivity index (χ0v) is 19.6. The lowest BCUT2D eigenvalue weighted by Crippen LogP contribution is -2.22. The second-order valence-electron chi connectivity index (χ2n) is 8.25. The van der Waals surface area contributed by atoms with Gasteiger partial charge in [0.05, 0.1) is 11.3 Å². The van der Waals surface area contributed by atoms with Gasteiger partial charge in [-0.25, -0.2) is 0 Å². The van der Waals surface area contributed by atoms with Crippen molar-refractivity contribution in [3.63, 3.8) is 0 Å². The van der Waals surface area contributed by atoms with E-state index in [0.717, 1.165) is 35.6 Å². The molecule has 1 N–H and O–H groups in total. The Hall–Kier alpha value is -3.05.